The minimum Gasteiger partial charge on any atom is -0.325 e. The van der Waals surface area contributed by atoms with Crippen molar-refractivity contribution < 1.29 is 9.18 Å². The molecule has 0 aliphatic carbocycles. The van der Waals surface area contributed by atoms with E-state index in [9.17, 15) is 9.18 Å². The van der Waals surface area contributed by atoms with Crippen LogP contribution in [0.5, 0.6) is 0 Å². The van der Waals surface area contributed by atoms with E-state index < -0.39 is 5.25 Å². The largest absolute Gasteiger partial charge is 0.325 e. The molecule has 0 unspecified atom stereocenters. The molecule has 150 valence electrons. The van der Waals surface area contributed by atoms with Gasteiger partial charge >= 0.3 is 0 Å². The average molecular weight is 412 g/mol. The summed E-state index contributed by atoms with van der Waals surface area (Å²) in [5.74, 6) is 0.329. The molecule has 8 heteroatoms. The minimum atomic E-state index is -0.493. The zero-order valence-electron chi connectivity index (χ0n) is 16.2. The van der Waals surface area contributed by atoms with Crippen LogP contribution in [0.4, 0.5) is 10.1 Å². The highest BCUT2D eigenvalue weighted by molar-refractivity contribution is 8.00. The molecule has 3 aromatic rings. The fraction of sp³-hybridized carbons (Fsp3) is 0.286. The number of carbonyl (C=O) groups excluding carboxylic acids is 1. The van der Waals surface area contributed by atoms with Crippen molar-refractivity contribution in [3.63, 3.8) is 0 Å². The fourth-order valence-electron chi connectivity index (χ4n) is 3.29. The highest BCUT2D eigenvalue weighted by Crippen LogP contribution is 2.37. The number of fused-ring (bicyclic) bond motifs is 1. The van der Waals surface area contributed by atoms with Gasteiger partial charge in [0.1, 0.15) is 11.1 Å². The molecule has 2 atom stereocenters. The maximum Gasteiger partial charge on any atom is 0.240 e. The molecule has 0 bridgehead atoms. The van der Waals surface area contributed by atoms with Gasteiger partial charge in [-0.1, -0.05) is 49.9 Å². The maximum absolute atomic E-state index is 13.4. The number of amides is 1. The van der Waals surface area contributed by atoms with Crippen molar-refractivity contribution in [2.45, 2.75) is 43.1 Å². The van der Waals surface area contributed by atoms with Gasteiger partial charge in [0.15, 0.2) is 5.82 Å². The molecule has 29 heavy (non-hydrogen) atoms. The Morgan fingerprint density at radius 1 is 1.10 bits per heavy atom. The highest BCUT2D eigenvalue weighted by Gasteiger charge is 2.37. The molecule has 2 heterocycles. The molecule has 2 N–H and O–H groups in total. The Balaban J connectivity index is 1.63. The van der Waals surface area contributed by atoms with E-state index in [2.05, 4.69) is 27.9 Å². The van der Waals surface area contributed by atoms with Gasteiger partial charge in [-0.15, -0.1) is 10.2 Å². The number of nitrogens with zero attached hydrogens (tertiary/aromatic N) is 3. The molecule has 0 saturated heterocycles. The number of halogens is 1. The van der Waals surface area contributed by atoms with Crippen LogP contribution in [-0.2, 0) is 17.6 Å². The molecule has 1 aliphatic heterocycles. The molecule has 4 rings (SSSR count). The van der Waals surface area contributed by atoms with Crippen molar-refractivity contribution in [1.82, 2.24) is 14.9 Å². The third-order valence-corrected chi connectivity index (χ3v) is 6.15. The number of hydrogen-bond acceptors (Lipinski definition) is 5. The van der Waals surface area contributed by atoms with Crippen LogP contribution in [0.1, 0.15) is 36.8 Å². The predicted molar refractivity (Wildman–Crippen MR) is 112 cm³/mol. The van der Waals surface area contributed by atoms with Crippen molar-refractivity contribution in [3.05, 3.63) is 71.3 Å². The number of rotatable bonds is 5. The summed E-state index contributed by atoms with van der Waals surface area (Å²) in [5.41, 5.74) is 6.13. The van der Waals surface area contributed by atoms with Gasteiger partial charge < -0.3 is 10.7 Å². The normalized spacial score (nSPS) is 18.0. The Labute approximate surface area is 172 Å². The summed E-state index contributed by atoms with van der Waals surface area (Å²) in [4.78, 5) is 13.2. The first kappa shape index (κ1) is 19.4. The number of thioether (sulfide) groups is 1. The lowest BCUT2D eigenvalue weighted by Gasteiger charge is -2.33. The molecular weight excluding hydrogens is 389 g/mol. The van der Waals surface area contributed by atoms with Crippen LogP contribution in [0.3, 0.4) is 0 Å². The van der Waals surface area contributed by atoms with E-state index in [0.717, 1.165) is 23.5 Å². The van der Waals surface area contributed by atoms with Crippen LogP contribution in [-0.4, -0.2) is 26.0 Å². The van der Waals surface area contributed by atoms with Gasteiger partial charge in [-0.25, -0.2) is 9.07 Å². The standard InChI is InChI=1S/C21H22FN5OS/c1-3-13-5-11-16(12-6-13)23-20(28)19-18(14-7-9-15(22)10-8-14)26-27-17(4-2)24-25-21(27)29-19/h5-12,18-19,26H,3-4H2,1-2H3,(H,23,28)/t18-,19+/m1/s1. The molecule has 0 saturated carbocycles. The Bertz CT molecular complexity index is 1000. The number of hydrogen-bond donors (Lipinski definition) is 2. The molecule has 2 aromatic carbocycles. The van der Waals surface area contributed by atoms with Crippen LogP contribution in [0.25, 0.3) is 0 Å². The van der Waals surface area contributed by atoms with E-state index in [4.69, 9.17) is 0 Å². The van der Waals surface area contributed by atoms with Crippen molar-refractivity contribution in [1.29, 1.82) is 0 Å². The van der Waals surface area contributed by atoms with Crippen molar-refractivity contribution in [2.24, 2.45) is 0 Å². The molecule has 0 fully saturated rings. The van der Waals surface area contributed by atoms with Gasteiger partial charge in [0.2, 0.25) is 11.1 Å². The topological polar surface area (TPSA) is 71.8 Å². The van der Waals surface area contributed by atoms with Gasteiger partial charge in [-0.3, -0.25) is 4.79 Å². The Morgan fingerprint density at radius 3 is 2.48 bits per heavy atom. The van der Waals surface area contributed by atoms with Gasteiger partial charge in [-0.05, 0) is 41.8 Å². The molecular formula is C21H22FN5OS. The fourth-order valence-corrected chi connectivity index (χ4v) is 4.38. The van der Waals surface area contributed by atoms with Crippen LogP contribution >= 0.6 is 11.8 Å². The zero-order chi connectivity index (χ0) is 20.4. The summed E-state index contributed by atoms with van der Waals surface area (Å²) in [7, 11) is 0. The molecule has 0 spiro atoms. The molecule has 1 aliphatic rings. The van der Waals surface area contributed by atoms with Gasteiger partial charge in [0.05, 0.1) is 6.04 Å². The first-order valence-corrected chi connectivity index (χ1v) is 10.5. The van der Waals surface area contributed by atoms with Gasteiger partial charge in [0, 0.05) is 12.1 Å². The summed E-state index contributed by atoms with van der Waals surface area (Å²) >= 11 is 1.36. The molecule has 1 amide bonds. The average Bonchev–Trinajstić information content (AvgIpc) is 3.16. The minimum absolute atomic E-state index is 0.145. The second kappa shape index (κ2) is 8.24. The molecule has 1 aromatic heterocycles. The van der Waals surface area contributed by atoms with Crippen LogP contribution in [0.15, 0.2) is 53.7 Å². The molecule has 0 radical (unpaired) electrons. The number of aryl methyl sites for hydroxylation is 2. The van der Waals surface area contributed by atoms with Crippen molar-refractivity contribution >= 4 is 23.4 Å². The smallest absolute Gasteiger partial charge is 0.240 e. The van der Waals surface area contributed by atoms with Gasteiger partial charge in [0.25, 0.3) is 0 Å². The van der Waals surface area contributed by atoms with Crippen molar-refractivity contribution in [3.8, 4) is 0 Å². The van der Waals surface area contributed by atoms with E-state index in [1.54, 1.807) is 12.1 Å². The lowest BCUT2D eigenvalue weighted by Crippen LogP contribution is -2.41. The summed E-state index contributed by atoms with van der Waals surface area (Å²) in [6.45, 7) is 4.08. The highest BCUT2D eigenvalue weighted by atomic mass is 32.2. The summed E-state index contributed by atoms with van der Waals surface area (Å²) in [5, 5.41) is 11.5. The third-order valence-electron chi connectivity index (χ3n) is 4.94. The van der Waals surface area contributed by atoms with E-state index in [-0.39, 0.29) is 17.8 Å². The number of nitrogens with one attached hydrogen (secondary N) is 2. The summed E-state index contributed by atoms with van der Waals surface area (Å²) < 4.78 is 15.3. The Morgan fingerprint density at radius 2 is 1.83 bits per heavy atom. The number of aromatic nitrogens is 3. The van der Waals surface area contributed by atoms with Crippen LogP contribution < -0.4 is 10.7 Å². The van der Waals surface area contributed by atoms with Gasteiger partial charge in [-0.2, -0.15) is 0 Å². The maximum atomic E-state index is 13.4. The summed E-state index contributed by atoms with van der Waals surface area (Å²) in [6.07, 6.45) is 1.65. The lowest BCUT2D eigenvalue weighted by atomic mass is 10.0. The number of benzene rings is 2. The quantitative estimate of drug-likeness (QED) is 0.665. The van der Waals surface area contributed by atoms with E-state index in [1.165, 1.54) is 29.5 Å². The lowest BCUT2D eigenvalue weighted by molar-refractivity contribution is -0.116. The van der Waals surface area contributed by atoms with E-state index in [1.807, 2.05) is 35.9 Å². The van der Waals surface area contributed by atoms with Crippen LogP contribution in [0, 0.1) is 5.82 Å². The predicted octanol–water partition coefficient (Wildman–Crippen LogP) is 3.94. The van der Waals surface area contributed by atoms with Crippen LogP contribution in [0.2, 0.25) is 0 Å². The SMILES string of the molecule is CCc1ccc(NC(=O)[C@H]2Sc3nnc(CC)n3N[C@@H]2c2ccc(F)cc2)cc1. The molecule has 6 nitrogen and oxygen atoms in total. The van der Waals surface area contributed by atoms with E-state index >= 15 is 0 Å². The zero-order valence-corrected chi connectivity index (χ0v) is 17.0. The number of anilines is 1. The second-order valence-corrected chi connectivity index (χ2v) is 7.93. The van der Waals surface area contributed by atoms with E-state index in [0.29, 0.717) is 11.6 Å². The third kappa shape index (κ3) is 3.98. The van der Waals surface area contributed by atoms with Crippen molar-refractivity contribution in [2.75, 3.05) is 10.7 Å². The first-order chi connectivity index (χ1) is 14.1. The summed E-state index contributed by atoms with van der Waals surface area (Å²) in [6, 6.07) is 13.7. The Hall–Kier alpha value is -2.87. The second-order valence-electron chi connectivity index (χ2n) is 6.82. The monoisotopic (exact) mass is 411 g/mol. The Kier molecular flexibility index (Phi) is 5.53. The first-order valence-electron chi connectivity index (χ1n) is 9.61. The number of carbonyl (C=O) groups is 1.